The summed E-state index contributed by atoms with van der Waals surface area (Å²) in [5, 5.41) is 0. The molecule has 8 heteroatoms. The number of nitrogens with zero attached hydrogens (tertiary/aromatic N) is 2. The number of amides is 1. The summed E-state index contributed by atoms with van der Waals surface area (Å²) < 4.78 is 28.5. The fourth-order valence-corrected chi connectivity index (χ4v) is 6.38. The van der Waals surface area contributed by atoms with Crippen molar-refractivity contribution in [3.05, 3.63) is 29.8 Å². The molecule has 2 saturated heterocycles. The van der Waals surface area contributed by atoms with Crippen LogP contribution in [0.25, 0.3) is 0 Å². The number of hydrogen-bond acceptors (Lipinski definition) is 5. The molecule has 180 valence electrons. The Balaban J connectivity index is 1.57. The van der Waals surface area contributed by atoms with Crippen molar-refractivity contribution < 1.29 is 13.2 Å². The van der Waals surface area contributed by atoms with Crippen LogP contribution in [0.4, 0.5) is 0 Å². The number of nitrogens with one attached hydrogen (secondary N) is 1. The Morgan fingerprint density at radius 3 is 2.28 bits per heavy atom. The second-order valence-corrected chi connectivity index (χ2v) is 12.0. The second-order valence-electron chi connectivity index (χ2n) is 9.25. The van der Waals surface area contributed by atoms with Gasteiger partial charge in [-0.05, 0) is 82.2 Å². The largest absolute Gasteiger partial charge is 0.341 e. The number of hydrogen-bond donors (Lipinski definition) is 1. The monoisotopic (exact) mass is 481 g/mol. The summed E-state index contributed by atoms with van der Waals surface area (Å²) in [6.45, 7) is 6.91. The van der Waals surface area contributed by atoms with Gasteiger partial charge in [0, 0.05) is 19.6 Å². The van der Waals surface area contributed by atoms with Crippen molar-refractivity contribution in [3.8, 4) is 0 Å². The molecule has 0 aliphatic carbocycles. The molecule has 1 N–H and O–H groups in total. The molecule has 1 amide bonds. The van der Waals surface area contributed by atoms with Crippen LogP contribution in [0, 0.1) is 12.8 Å². The molecule has 2 heterocycles. The summed E-state index contributed by atoms with van der Waals surface area (Å²) >= 11 is 1.63. The van der Waals surface area contributed by atoms with Crippen molar-refractivity contribution in [3.63, 3.8) is 0 Å². The Kier molecular flexibility index (Phi) is 9.89. The van der Waals surface area contributed by atoms with Crippen molar-refractivity contribution in [2.75, 3.05) is 44.7 Å². The molecule has 0 aromatic heterocycles. The standard InChI is InChI=1S/C24H39N3O3S2/c1-20-7-9-22(10-8-20)32(29,30)25-23(13-18-31-2)24(28)27-16-11-21(12-17-27)19-26-14-5-3-4-6-15-26/h7-10,21,23,25H,3-6,11-19H2,1-2H3. The first-order chi connectivity index (χ1) is 15.4. The number of aryl methyl sites for hydroxylation is 1. The first-order valence-electron chi connectivity index (χ1n) is 12.0. The second kappa shape index (κ2) is 12.4. The van der Waals surface area contributed by atoms with Gasteiger partial charge in [-0.2, -0.15) is 16.5 Å². The third kappa shape index (κ3) is 7.47. The van der Waals surface area contributed by atoms with E-state index in [1.165, 1.54) is 38.8 Å². The van der Waals surface area contributed by atoms with Crippen LogP contribution >= 0.6 is 11.8 Å². The molecule has 0 bridgehead atoms. The molecule has 32 heavy (non-hydrogen) atoms. The normalized spacial score (nSPS) is 20.1. The average molecular weight is 482 g/mol. The van der Waals surface area contributed by atoms with Crippen LogP contribution in [-0.2, 0) is 14.8 Å². The molecular weight excluding hydrogens is 442 g/mol. The summed E-state index contributed by atoms with van der Waals surface area (Å²) in [6.07, 6.45) is 9.78. The Morgan fingerprint density at radius 2 is 1.69 bits per heavy atom. The molecule has 3 rings (SSSR count). The van der Waals surface area contributed by atoms with Crippen LogP contribution < -0.4 is 4.72 Å². The van der Waals surface area contributed by atoms with Crippen molar-refractivity contribution >= 4 is 27.7 Å². The topological polar surface area (TPSA) is 69.7 Å². The van der Waals surface area contributed by atoms with Crippen molar-refractivity contribution in [1.82, 2.24) is 14.5 Å². The molecule has 0 radical (unpaired) electrons. The lowest BCUT2D eigenvalue weighted by Gasteiger charge is -2.36. The zero-order chi connectivity index (χ0) is 23.0. The fourth-order valence-electron chi connectivity index (χ4n) is 4.68. The number of sulfonamides is 1. The third-order valence-electron chi connectivity index (χ3n) is 6.68. The van der Waals surface area contributed by atoms with Crippen molar-refractivity contribution in [1.29, 1.82) is 0 Å². The minimum Gasteiger partial charge on any atom is -0.341 e. The molecule has 0 saturated carbocycles. The van der Waals surface area contributed by atoms with Gasteiger partial charge in [-0.15, -0.1) is 0 Å². The molecule has 1 unspecified atom stereocenters. The first kappa shape index (κ1) is 25.5. The first-order valence-corrected chi connectivity index (χ1v) is 14.9. The van der Waals surface area contributed by atoms with Crippen LogP contribution in [-0.4, -0.2) is 74.9 Å². The summed E-state index contributed by atoms with van der Waals surface area (Å²) in [5.74, 6) is 1.28. The zero-order valence-corrected chi connectivity index (χ0v) is 21.2. The fraction of sp³-hybridized carbons (Fsp3) is 0.708. The molecule has 0 spiro atoms. The lowest BCUT2D eigenvalue weighted by atomic mass is 9.95. The van der Waals surface area contributed by atoms with Crippen molar-refractivity contribution in [2.45, 2.75) is 62.8 Å². The summed E-state index contributed by atoms with van der Waals surface area (Å²) in [5.41, 5.74) is 1.00. The van der Waals surface area contributed by atoms with E-state index in [4.69, 9.17) is 0 Å². The van der Waals surface area contributed by atoms with E-state index in [1.54, 1.807) is 36.0 Å². The predicted octanol–water partition coefficient (Wildman–Crippen LogP) is 3.51. The van der Waals surface area contributed by atoms with E-state index < -0.39 is 16.1 Å². The lowest BCUT2D eigenvalue weighted by molar-refractivity contribution is -0.134. The maximum atomic E-state index is 13.3. The number of thioether (sulfide) groups is 1. The van der Waals surface area contributed by atoms with Gasteiger partial charge in [0.15, 0.2) is 0 Å². The average Bonchev–Trinajstić information content (AvgIpc) is 3.05. The van der Waals surface area contributed by atoms with E-state index in [2.05, 4.69) is 9.62 Å². The number of piperidine rings is 1. The van der Waals surface area contributed by atoms with Crippen LogP contribution in [0.1, 0.15) is 50.5 Å². The molecule has 2 aliphatic rings. The summed E-state index contributed by atoms with van der Waals surface area (Å²) in [6, 6.07) is 6.05. The molecule has 1 atom stereocenters. The maximum Gasteiger partial charge on any atom is 0.241 e. The Labute approximate surface area is 198 Å². The third-order valence-corrected chi connectivity index (χ3v) is 8.81. The highest BCUT2D eigenvalue weighted by molar-refractivity contribution is 7.98. The Bertz CT molecular complexity index is 813. The molecule has 6 nitrogen and oxygen atoms in total. The predicted molar refractivity (Wildman–Crippen MR) is 132 cm³/mol. The van der Waals surface area contributed by atoms with Crippen molar-refractivity contribution in [2.24, 2.45) is 5.92 Å². The maximum absolute atomic E-state index is 13.3. The van der Waals surface area contributed by atoms with Crippen LogP contribution in [0.15, 0.2) is 29.2 Å². The Morgan fingerprint density at radius 1 is 1.06 bits per heavy atom. The SMILES string of the molecule is CSCCC(NS(=O)(=O)c1ccc(C)cc1)C(=O)N1CCC(CN2CCCCCC2)CC1. The highest BCUT2D eigenvalue weighted by Crippen LogP contribution is 2.22. The number of likely N-dealkylation sites (tertiary alicyclic amines) is 2. The number of rotatable bonds is 9. The van der Waals surface area contributed by atoms with Gasteiger partial charge in [-0.1, -0.05) is 30.5 Å². The molecule has 1 aromatic rings. The summed E-state index contributed by atoms with van der Waals surface area (Å²) in [7, 11) is -3.74. The molecular formula is C24H39N3O3S2. The smallest absolute Gasteiger partial charge is 0.241 e. The minimum atomic E-state index is -3.74. The van der Waals surface area contributed by atoms with Gasteiger partial charge in [0.25, 0.3) is 0 Å². The lowest BCUT2D eigenvalue weighted by Crippen LogP contribution is -2.51. The number of benzene rings is 1. The van der Waals surface area contributed by atoms with Gasteiger partial charge in [-0.25, -0.2) is 8.42 Å². The zero-order valence-electron chi connectivity index (χ0n) is 19.6. The van der Waals surface area contributed by atoms with Gasteiger partial charge in [0.1, 0.15) is 6.04 Å². The van der Waals surface area contributed by atoms with Crippen LogP contribution in [0.3, 0.4) is 0 Å². The molecule has 2 aliphatic heterocycles. The number of carbonyl (C=O) groups is 1. The van der Waals surface area contributed by atoms with E-state index in [-0.39, 0.29) is 10.8 Å². The van der Waals surface area contributed by atoms with Gasteiger partial charge >= 0.3 is 0 Å². The number of carbonyl (C=O) groups excluding carboxylic acids is 1. The quantitative estimate of drug-likeness (QED) is 0.585. The van der Waals surface area contributed by atoms with Gasteiger partial charge in [-0.3, -0.25) is 4.79 Å². The van der Waals surface area contributed by atoms with E-state index in [9.17, 15) is 13.2 Å². The van der Waals surface area contributed by atoms with E-state index in [1.807, 2.05) is 18.1 Å². The van der Waals surface area contributed by atoms with E-state index in [0.717, 1.165) is 43.8 Å². The van der Waals surface area contributed by atoms with E-state index in [0.29, 0.717) is 12.3 Å². The van der Waals surface area contributed by atoms with Gasteiger partial charge in [0.2, 0.25) is 15.9 Å². The van der Waals surface area contributed by atoms with Gasteiger partial charge < -0.3 is 9.80 Å². The molecule has 1 aromatic carbocycles. The van der Waals surface area contributed by atoms with Crippen LogP contribution in [0.2, 0.25) is 0 Å². The molecule has 2 fully saturated rings. The van der Waals surface area contributed by atoms with Crippen LogP contribution in [0.5, 0.6) is 0 Å². The highest BCUT2D eigenvalue weighted by Gasteiger charge is 2.31. The highest BCUT2D eigenvalue weighted by atomic mass is 32.2. The van der Waals surface area contributed by atoms with E-state index >= 15 is 0 Å². The summed E-state index contributed by atoms with van der Waals surface area (Å²) in [4.78, 5) is 18.0. The van der Waals surface area contributed by atoms with Gasteiger partial charge in [0.05, 0.1) is 4.90 Å². The minimum absolute atomic E-state index is 0.0806. The Hall–Kier alpha value is -1.09.